The lowest BCUT2D eigenvalue weighted by Gasteiger charge is -2.09. The first-order chi connectivity index (χ1) is 9.29. The van der Waals surface area contributed by atoms with Gasteiger partial charge in [0.05, 0.1) is 0 Å². The van der Waals surface area contributed by atoms with Gasteiger partial charge in [-0.05, 0) is 36.6 Å². The van der Waals surface area contributed by atoms with Crippen molar-refractivity contribution in [2.45, 2.75) is 32.8 Å². The first-order valence-electron chi connectivity index (χ1n) is 6.84. The van der Waals surface area contributed by atoms with Crippen LogP contribution in [-0.4, -0.2) is 0 Å². The first-order valence-corrected chi connectivity index (χ1v) is 6.84. The molecular formula is C17H21NO. The number of ether oxygens (including phenoxy) is 1. The van der Waals surface area contributed by atoms with Crippen LogP contribution in [0.5, 0.6) is 5.75 Å². The van der Waals surface area contributed by atoms with Gasteiger partial charge in [-0.2, -0.15) is 0 Å². The van der Waals surface area contributed by atoms with Crippen molar-refractivity contribution in [1.29, 1.82) is 0 Å². The van der Waals surface area contributed by atoms with Crippen LogP contribution in [-0.2, 0) is 13.0 Å². The third kappa shape index (κ3) is 4.02. The number of benzene rings is 2. The van der Waals surface area contributed by atoms with Crippen molar-refractivity contribution in [3.8, 4) is 5.75 Å². The van der Waals surface area contributed by atoms with E-state index in [1.807, 2.05) is 36.4 Å². The highest BCUT2D eigenvalue weighted by Crippen LogP contribution is 2.17. The summed E-state index contributed by atoms with van der Waals surface area (Å²) in [4.78, 5) is 0. The minimum absolute atomic E-state index is 0.515. The van der Waals surface area contributed by atoms with Crippen molar-refractivity contribution in [3.63, 3.8) is 0 Å². The number of nitrogens with two attached hydrogens (primary N) is 1. The molecular weight excluding hydrogens is 234 g/mol. The van der Waals surface area contributed by atoms with E-state index in [9.17, 15) is 0 Å². The zero-order chi connectivity index (χ0) is 13.5. The minimum Gasteiger partial charge on any atom is -0.489 e. The van der Waals surface area contributed by atoms with E-state index in [0.29, 0.717) is 6.61 Å². The summed E-state index contributed by atoms with van der Waals surface area (Å²) in [6, 6.07) is 16.1. The van der Waals surface area contributed by atoms with E-state index in [1.165, 1.54) is 18.4 Å². The van der Waals surface area contributed by atoms with Crippen LogP contribution in [0, 0.1) is 0 Å². The summed E-state index contributed by atoms with van der Waals surface area (Å²) in [5, 5.41) is 0. The number of unbranched alkanes of at least 4 members (excludes halogenated alkanes) is 1. The van der Waals surface area contributed by atoms with Crippen molar-refractivity contribution in [3.05, 3.63) is 59.7 Å². The highest BCUT2D eigenvalue weighted by atomic mass is 16.5. The van der Waals surface area contributed by atoms with Gasteiger partial charge in [-0.3, -0.25) is 0 Å². The van der Waals surface area contributed by atoms with Crippen LogP contribution in [0.25, 0.3) is 0 Å². The Balaban J connectivity index is 1.91. The molecule has 0 fully saturated rings. The van der Waals surface area contributed by atoms with Gasteiger partial charge in [0.25, 0.3) is 0 Å². The van der Waals surface area contributed by atoms with Gasteiger partial charge in [-0.15, -0.1) is 0 Å². The molecule has 0 unspecified atom stereocenters. The van der Waals surface area contributed by atoms with Crippen LogP contribution in [0.2, 0.25) is 0 Å². The topological polar surface area (TPSA) is 35.2 Å². The molecule has 0 aliphatic carbocycles. The van der Waals surface area contributed by atoms with Crippen LogP contribution in [0.4, 0.5) is 5.69 Å². The third-order valence-corrected chi connectivity index (χ3v) is 3.19. The highest BCUT2D eigenvalue weighted by molar-refractivity contribution is 5.46. The van der Waals surface area contributed by atoms with Gasteiger partial charge in [0.15, 0.2) is 0 Å². The number of rotatable bonds is 6. The lowest BCUT2D eigenvalue weighted by atomic mass is 10.1. The van der Waals surface area contributed by atoms with Gasteiger partial charge in [0.1, 0.15) is 12.4 Å². The summed E-state index contributed by atoms with van der Waals surface area (Å²) < 4.78 is 5.75. The molecule has 100 valence electrons. The second-order valence-corrected chi connectivity index (χ2v) is 4.73. The molecule has 2 N–H and O–H groups in total. The zero-order valence-electron chi connectivity index (χ0n) is 11.4. The van der Waals surface area contributed by atoms with Gasteiger partial charge in [0, 0.05) is 11.3 Å². The van der Waals surface area contributed by atoms with Crippen LogP contribution < -0.4 is 10.5 Å². The Kier molecular flexibility index (Phi) is 4.85. The maximum atomic E-state index is 5.88. The molecule has 0 atom stereocenters. The molecule has 2 heteroatoms. The molecule has 2 nitrogen and oxygen atoms in total. The Morgan fingerprint density at radius 1 is 1.00 bits per heavy atom. The maximum absolute atomic E-state index is 5.88. The maximum Gasteiger partial charge on any atom is 0.119 e. The fraction of sp³-hybridized carbons (Fsp3) is 0.294. The lowest BCUT2D eigenvalue weighted by molar-refractivity contribution is 0.307. The second-order valence-electron chi connectivity index (χ2n) is 4.73. The highest BCUT2D eigenvalue weighted by Gasteiger charge is 2.00. The molecule has 0 bridgehead atoms. The normalized spacial score (nSPS) is 10.4. The lowest BCUT2D eigenvalue weighted by Crippen LogP contribution is -1.99. The molecule has 2 aromatic rings. The van der Waals surface area contributed by atoms with E-state index in [1.54, 1.807) is 0 Å². The summed E-state index contributed by atoms with van der Waals surface area (Å²) in [7, 11) is 0. The van der Waals surface area contributed by atoms with E-state index in [0.717, 1.165) is 23.4 Å². The van der Waals surface area contributed by atoms with Gasteiger partial charge >= 0.3 is 0 Å². The molecule has 0 amide bonds. The van der Waals surface area contributed by atoms with E-state index in [2.05, 4.69) is 19.1 Å². The molecule has 2 rings (SSSR count). The largest absolute Gasteiger partial charge is 0.489 e. The van der Waals surface area contributed by atoms with Crippen molar-refractivity contribution in [1.82, 2.24) is 0 Å². The molecule has 0 saturated carbocycles. The monoisotopic (exact) mass is 255 g/mol. The van der Waals surface area contributed by atoms with Crippen molar-refractivity contribution in [2.75, 3.05) is 5.73 Å². The number of nitrogen functional groups attached to an aromatic ring is 1. The van der Waals surface area contributed by atoms with Crippen LogP contribution in [0.3, 0.4) is 0 Å². The summed E-state index contributed by atoms with van der Waals surface area (Å²) >= 11 is 0. The Morgan fingerprint density at radius 3 is 2.42 bits per heavy atom. The Labute approximate surface area is 115 Å². The fourth-order valence-corrected chi connectivity index (χ4v) is 1.96. The Bertz CT molecular complexity index is 505. The summed E-state index contributed by atoms with van der Waals surface area (Å²) in [6.45, 7) is 2.72. The quantitative estimate of drug-likeness (QED) is 0.785. The van der Waals surface area contributed by atoms with Gasteiger partial charge in [0.2, 0.25) is 0 Å². The Morgan fingerprint density at radius 2 is 1.74 bits per heavy atom. The molecule has 0 aliphatic heterocycles. The van der Waals surface area contributed by atoms with Gasteiger partial charge in [-0.1, -0.05) is 43.7 Å². The Hall–Kier alpha value is -1.96. The van der Waals surface area contributed by atoms with Crippen molar-refractivity contribution < 1.29 is 4.74 Å². The number of para-hydroxylation sites is 1. The minimum atomic E-state index is 0.515. The number of hydrogen-bond acceptors (Lipinski definition) is 2. The fourth-order valence-electron chi connectivity index (χ4n) is 1.96. The zero-order valence-corrected chi connectivity index (χ0v) is 11.4. The number of hydrogen-bond donors (Lipinski definition) is 1. The average molecular weight is 255 g/mol. The molecule has 0 saturated heterocycles. The van der Waals surface area contributed by atoms with E-state index >= 15 is 0 Å². The SMILES string of the molecule is CCCCc1ccc(OCc2ccccc2N)cc1. The van der Waals surface area contributed by atoms with E-state index < -0.39 is 0 Å². The smallest absolute Gasteiger partial charge is 0.119 e. The van der Waals surface area contributed by atoms with Crippen LogP contribution >= 0.6 is 0 Å². The van der Waals surface area contributed by atoms with Crippen LogP contribution in [0.1, 0.15) is 30.9 Å². The number of aryl methyl sites for hydroxylation is 1. The standard InChI is InChI=1S/C17H21NO/c1-2-3-6-14-9-11-16(12-10-14)19-13-15-7-4-5-8-17(15)18/h4-5,7-12H,2-3,6,13,18H2,1H3. The van der Waals surface area contributed by atoms with Crippen LogP contribution in [0.15, 0.2) is 48.5 Å². The molecule has 19 heavy (non-hydrogen) atoms. The second kappa shape index (κ2) is 6.83. The predicted octanol–water partition coefficient (Wildman–Crippen LogP) is 4.19. The predicted molar refractivity (Wildman–Crippen MR) is 80.2 cm³/mol. The summed E-state index contributed by atoms with van der Waals surface area (Å²) in [6.07, 6.45) is 3.61. The third-order valence-electron chi connectivity index (χ3n) is 3.19. The first kappa shape index (κ1) is 13.5. The summed E-state index contributed by atoms with van der Waals surface area (Å²) in [5.41, 5.74) is 9.06. The van der Waals surface area contributed by atoms with E-state index in [-0.39, 0.29) is 0 Å². The van der Waals surface area contributed by atoms with Gasteiger partial charge in [-0.25, -0.2) is 0 Å². The molecule has 0 heterocycles. The van der Waals surface area contributed by atoms with Gasteiger partial charge < -0.3 is 10.5 Å². The molecule has 0 aliphatic rings. The molecule has 0 aromatic heterocycles. The average Bonchev–Trinajstić information content (AvgIpc) is 2.45. The van der Waals surface area contributed by atoms with Crippen molar-refractivity contribution in [2.24, 2.45) is 0 Å². The summed E-state index contributed by atoms with van der Waals surface area (Å²) in [5.74, 6) is 0.892. The molecule has 0 radical (unpaired) electrons. The molecule has 2 aromatic carbocycles. The number of anilines is 1. The van der Waals surface area contributed by atoms with Crippen molar-refractivity contribution >= 4 is 5.69 Å². The van der Waals surface area contributed by atoms with E-state index in [4.69, 9.17) is 10.5 Å². The molecule has 0 spiro atoms.